The minimum Gasteiger partial charge on any atom is -0.372 e. The van der Waals surface area contributed by atoms with Gasteiger partial charge in [-0.25, -0.2) is 0 Å². The van der Waals surface area contributed by atoms with Gasteiger partial charge in [-0.3, -0.25) is 0 Å². The largest absolute Gasteiger partial charge is 0.372 e. The fraction of sp³-hybridized carbons (Fsp3) is 0.419. The molecular formula is C31H42BN3. The molecule has 0 bridgehead atoms. The lowest BCUT2D eigenvalue weighted by atomic mass is 9.56. The summed E-state index contributed by atoms with van der Waals surface area (Å²) >= 11 is 0. The second-order valence-electron chi connectivity index (χ2n) is 8.97. The number of benzene rings is 3. The highest BCUT2D eigenvalue weighted by Crippen LogP contribution is 2.38. The normalized spacial score (nSPS) is 11.4. The van der Waals surface area contributed by atoms with Crippen LogP contribution in [0.5, 0.6) is 0 Å². The average Bonchev–Trinajstić information content (AvgIpc) is 2.91. The maximum absolute atomic E-state index is 7.39. The topological polar surface area (TPSA) is 9.72 Å². The smallest absolute Gasteiger partial charge is 0.0940 e. The Balaban J connectivity index is 2.10. The van der Waals surface area contributed by atoms with Gasteiger partial charge in [0.05, 0.1) is 7.85 Å². The summed E-state index contributed by atoms with van der Waals surface area (Å²) < 4.78 is 0. The van der Waals surface area contributed by atoms with Gasteiger partial charge >= 0.3 is 0 Å². The molecule has 184 valence electrons. The highest BCUT2D eigenvalue weighted by atomic mass is 15.1. The molecule has 0 aromatic heterocycles. The van der Waals surface area contributed by atoms with Crippen LogP contribution in [0.4, 0.5) is 17.1 Å². The molecule has 3 aromatic carbocycles. The molecule has 0 amide bonds. The average molecular weight is 468 g/mol. The van der Waals surface area contributed by atoms with E-state index in [0.717, 1.165) is 56.0 Å². The van der Waals surface area contributed by atoms with Crippen molar-refractivity contribution in [3.63, 3.8) is 0 Å². The van der Waals surface area contributed by atoms with Gasteiger partial charge in [-0.15, -0.1) is 0 Å². The third-order valence-electron chi connectivity index (χ3n) is 7.35. The summed E-state index contributed by atoms with van der Waals surface area (Å²) in [5.74, 6) is 0. The summed E-state index contributed by atoms with van der Waals surface area (Å²) in [6.07, 6.45) is 0. The molecular weight excluding hydrogens is 425 g/mol. The van der Waals surface area contributed by atoms with Crippen LogP contribution in [0.15, 0.2) is 72.8 Å². The van der Waals surface area contributed by atoms with E-state index in [1.165, 1.54) is 17.1 Å². The Morgan fingerprint density at radius 1 is 0.429 bits per heavy atom. The van der Waals surface area contributed by atoms with Gasteiger partial charge < -0.3 is 14.7 Å². The Morgan fingerprint density at radius 3 is 0.800 bits per heavy atom. The summed E-state index contributed by atoms with van der Waals surface area (Å²) in [7, 11) is 7.39. The van der Waals surface area contributed by atoms with Gasteiger partial charge in [-0.2, -0.15) is 0 Å². The fourth-order valence-electron chi connectivity index (χ4n) is 5.07. The summed E-state index contributed by atoms with van der Waals surface area (Å²) in [6, 6.07) is 26.4. The van der Waals surface area contributed by atoms with Gasteiger partial charge in [0.2, 0.25) is 0 Å². The van der Waals surface area contributed by atoms with Gasteiger partial charge in [-0.05, 0) is 94.6 Å². The van der Waals surface area contributed by atoms with Gasteiger partial charge in [-0.1, -0.05) is 36.4 Å². The molecule has 2 radical (unpaired) electrons. The van der Waals surface area contributed by atoms with Crippen LogP contribution in [0, 0.1) is 0 Å². The maximum Gasteiger partial charge on any atom is 0.0940 e. The van der Waals surface area contributed by atoms with Crippen LogP contribution < -0.4 is 14.7 Å². The van der Waals surface area contributed by atoms with Crippen LogP contribution in [0.2, 0.25) is 0 Å². The summed E-state index contributed by atoms with van der Waals surface area (Å²) in [6.45, 7) is 19.1. The van der Waals surface area contributed by atoms with E-state index in [0.29, 0.717) is 0 Å². The molecule has 0 spiro atoms. The molecule has 3 rings (SSSR count). The second-order valence-corrected chi connectivity index (χ2v) is 8.97. The van der Waals surface area contributed by atoms with Crippen molar-refractivity contribution < 1.29 is 0 Å². The minimum absolute atomic E-state index is 0.745. The van der Waals surface area contributed by atoms with Crippen LogP contribution in [0.25, 0.3) is 0 Å². The summed E-state index contributed by atoms with van der Waals surface area (Å²) in [5, 5.41) is -0.745. The van der Waals surface area contributed by atoms with Crippen molar-refractivity contribution in [2.45, 2.75) is 46.9 Å². The lowest BCUT2D eigenvalue weighted by molar-refractivity contribution is 0.846. The van der Waals surface area contributed by atoms with Crippen LogP contribution >= 0.6 is 0 Å². The number of anilines is 3. The Labute approximate surface area is 215 Å². The Kier molecular flexibility index (Phi) is 9.31. The minimum atomic E-state index is -0.745. The molecule has 35 heavy (non-hydrogen) atoms. The van der Waals surface area contributed by atoms with E-state index in [-0.39, 0.29) is 0 Å². The Morgan fingerprint density at radius 2 is 0.629 bits per heavy atom. The molecule has 0 atom stereocenters. The van der Waals surface area contributed by atoms with Crippen LogP contribution in [0.1, 0.15) is 58.2 Å². The monoisotopic (exact) mass is 467 g/mol. The van der Waals surface area contributed by atoms with Crippen LogP contribution in [-0.4, -0.2) is 47.1 Å². The molecule has 3 nitrogen and oxygen atoms in total. The first kappa shape index (κ1) is 26.7. The molecule has 3 aromatic rings. The molecule has 0 aliphatic carbocycles. The van der Waals surface area contributed by atoms with E-state index in [2.05, 4.69) is 129 Å². The van der Waals surface area contributed by atoms with E-state index >= 15 is 0 Å². The molecule has 0 heterocycles. The Bertz CT molecular complexity index is 882. The molecule has 0 N–H and O–H groups in total. The van der Waals surface area contributed by atoms with Crippen molar-refractivity contribution >= 4 is 24.9 Å². The molecule has 0 aliphatic rings. The number of nitrogens with zero attached hydrogens (tertiary/aromatic N) is 3. The zero-order valence-corrected chi connectivity index (χ0v) is 22.6. The second kappa shape index (κ2) is 12.2. The van der Waals surface area contributed by atoms with Crippen molar-refractivity contribution in [1.82, 2.24) is 0 Å². The van der Waals surface area contributed by atoms with Crippen molar-refractivity contribution in [2.24, 2.45) is 0 Å². The van der Waals surface area contributed by atoms with Gasteiger partial charge in [0, 0.05) is 61.6 Å². The lowest BCUT2D eigenvalue weighted by Gasteiger charge is -2.34. The van der Waals surface area contributed by atoms with Crippen molar-refractivity contribution in [2.75, 3.05) is 54.0 Å². The SMILES string of the molecule is [B]C(c1ccc(N(CC)CC)cc1)(c1ccc(N(CC)CC)cc1)c1ccc(N(CC)CC)cc1. The van der Waals surface area contributed by atoms with E-state index in [1.54, 1.807) is 0 Å². The number of hydrogen-bond acceptors (Lipinski definition) is 3. The van der Waals surface area contributed by atoms with Gasteiger partial charge in [0.25, 0.3) is 0 Å². The zero-order valence-electron chi connectivity index (χ0n) is 22.6. The quantitative estimate of drug-likeness (QED) is 0.217. The lowest BCUT2D eigenvalue weighted by Crippen LogP contribution is -2.30. The highest BCUT2D eigenvalue weighted by Gasteiger charge is 2.31. The number of hydrogen-bond donors (Lipinski definition) is 0. The molecule has 0 saturated heterocycles. The van der Waals surface area contributed by atoms with E-state index < -0.39 is 5.31 Å². The van der Waals surface area contributed by atoms with Crippen LogP contribution in [0.3, 0.4) is 0 Å². The molecule has 0 fully saturated rings. The Hall–Kier alpha value is -2.88. The van der Waals surface area contributed by atoms with Crippen molar-refractivity contribution in [1.29, 1.82) is 0 Å². The fourth-order valence-corrected chi connectivity index (χ4v) is 5.07. The van der Waals surface area contributed by atoms with E-state index in [4.69, 9.17) is 7.85 Å². The summed E-state index contributed by atoms with van der Waals surface area (Å²) in [4.78, 5) is 7.08. The van der Waals surface area contributed by atoms with E-state index in [1.807, 2.05) is 0 Å². The first-order chi connectivity index (χ1) is 17.0. The third-order valence-corrected chi connectivity index (χ3v) is 7.35. The standard InChI is InChI=1S/C31H42BN3/c1-7-33(8-2)28-19-13-25(14-20-28)31(32,26-15-21-29(22-16-26)34(9-3)10-4)27-17-23-30(24-18-27)35(11-5)12-6/h13-24H,7-12H2,1-6H3. The highest BCUT2D eigenvalue weighted by molar-refractivity contribution is 6.20. The van der Waals surface area contributed by atoms with Gasteiger partial charge in [0.15, 0.2) is 0 Å². The van der Waals surface area contributed by atoms with Gasteiger partial charge in [0.1, 0.15) is 0 Å². The van der Waals surface area contributed by atoms with E-state index in [9.17, 15) is 0 Å². The predicted molar refractivity (Wildman–Crippen MR) is 156 cm³/mol. The molecule has 4 heteroatoms. The molecule has 0 aliphatic heterocycles. The van der Waals surface area contributed by atoms with Crippen LogP contribution in [-0.2, 0) is 5.31 Å². The van der Waals surface area contributed by atoms with Crippen molar-refractivity contribution in [3.05, 3.63) is 89.5 Å². The first-order valence-electron chi connectivity index (χ1n) is 13.3. The molecule has 0 unspecified atom stereocenters. The zero-order chi connectivity index (χ0) is 25.4. The first-order valence-corrected chi connectivity index (χ1v) is 13.3. The predicted octanol–water partition coefficient (Wildman–Crippen LogP) is 6.69. The summed E-state index contributed by atoms with van der Waals surface area (Å²) in [5.41, 5.74) is 6.98. The maximum atomic E-state index is 7.39. The van der Waals surface area contributed by atoms with Crippen molar-refractivity contribution in [3.8, 4) is 0 Å². The molecule has 0 saturated carbocycles. The third kappa shape index (κ3) is 5.53. The number of rotatable bonds is 12.